The number of nitrogens with one attached hydrogen (secondary N) is 1. The zero-order valence-corrected chi connectivity index (χ0v) is 15.6. The van der Waals surface area contributed by atoms with Gasteiger partial charge < -0.3 is 0 Å². The first kappa shape index (κ1) is 20.5. The summed E-state index contributed by atoms with van der Waals surface area (Å²) in [6.07, 6.45) is -3.44. The van der Waals surface area contributed by atoms with E-state index in [-0.39, 0.29) is 18.0 Å². The molecule has 2 heterocycles. The maximum atomic E-state index is 13.0. The lowest BCUT2D eigenvalue weighted by Crippen LogP contribution is -2.40. The van der Waals surface area contributed by atoms with E-state index >= 15 is 0 Å². The van der Waals surface area contributed by atoms with Gasteiger partial charge in [0.15, 0.2) is 5.69 Å². The minimum absolute atomic E-state index is 0.00177. The number of aromatic nitrogens is 3. The highest BCUT2D eigenvalue weighted by atomic mass is 32.1. The summed E-state index contributed by atoms with van der Waals surface area (Å²) < 4.78 is 44.5. The predicted molar refractivity (Wildman–Crippen MR) is 99.1 cm³/mol. The third-order valence-corrected chi connectivity index (χ3v) is 4.73. The molecule has 1 N–H and O–H groups in total. The number of carbonyl (C=O) groups excluding carboxylic acids is 1. The Labute approximate surface area is 164 Å². The van der Waals surface area contributed by atoms with Crippen LogP contribution in [0, 0.1) is 0 Å². The molecular formula is C17H13F3N4O4S. The van der Waals surface area contributed by atoms with E-state index < -0.39 is 29.0 Å². The highest BCUT2D eigenvalue weighted by Crippen LogP contribution is 2.28. The number of amides is 1. The molecule has 0 saturated carbocycles. The van der Waals surface area contributed by atoms with Gasteiger partial charge in [0, 0.05) is 18.5 Å². The topological polar surface area (TPSA) is 95.2 Å². The first-order chi connectivity index (χ1) is 13.6. The van der Waals surface area contributed by atoms with Gasteiger partial charge in [0.2, 0.25) is 0 Å². The van der Waals surface area contributed by atoms with Gasteiger partial charge >= 0.3 is 11.9 Å². The smallest absolute Gasteiger partial charge is 0.292 e. The second-order valence-corrected chi connectivity index (χ2v) is 6.59. The van der Waals surface area contributed by atoms with Crippen LogP contribution >= 0.6 is 11.5 Å². The van der Waals surface area contributed by atoms with E-state index in [0.717, 1.165) is 18.6 Å². The quantitative estimate of drug-likeness (QED) is 0.383. The number of hydroxylamine groups is 1. The Bertz CT molecular complexity index is 1230. The van der Waals surface area contributed by atoms with Crippen LogP contribution in [0.5, 0.6) is 0 Å². The van der Waals surface area contributed by atoms with E-state index in [1.165, 1.54) is 24.3 Å². The van der Waals surface area contributed by atoms with Gasteiger partial charge in [0.05, 0.1) is 17.0 Å². The normalized spacial score (nSPS) is 11.6. The van der Waals surface area contributed by atoms with Gasteiger partial charge in [-0.3, -0.25) is 19.0 Å². The zero-order chi connectivity index (χ0) is 21.3. The molecule has 0 aliphatic heterocycles. The molecule has 0 radical (unpaired) electrons. The van der Waals surface area contributed by atoms with Crippen molar-refractivity contribution in [2.75, 3.05) is 6.61 Å². The number of alkyl halides is 3. The van der Waals surface area contributed by atoms with Gasteiger partial charge in [-0.05, 0) is 29.7 Å². The first-order valence-corrected chi connectivity index (χ1v) is 8.75. The summed E-state index contributed by atoms with van der Waals surface area (Å²) in [4.78, 5) is 41.7. The minimum atomic E-state index is -4.86. The molecule has 1 aromatic carbocycles. The number of carbonyl (C=O) groups is 1. The Kier molecular flexibility index (Phi) is 5.40. The van der Waals surface area contributed by atoms with Crippen molar-refractivity contribution in [1.82, 2.24) is 19.0 Å². The Morgan fingerprint density at radius 3 is 2.72 bits per heavy atom. The van der Waals surface area contributed by atoms with Crippen molar-refractivity contribution in [2.45, 2.75) is 6.18 Å². The molecular weight excluding hydrogens is 413 g/mol. The highest BCUT2D eigenvalue weighted by Gasteiger charge is 2.35. The van der Waals surface area contributed by atoms with Crippen molar-refractivity contribution >= 4 is 27.5 Å². The lowest BCUT2D eigenvalue weighted by Gasteiger charge is -2.14. The van der Waals surface area contributed by atoms with Crippen molar-refractivity contribution < 1.29 is 22.8 Å². The molecule has 0 fully saturated rings. The number of benzene rings is 1. The molecule has 3 rings (SSSR count). The van der Waals surface area contributed by atoms with E-state index in [2.05, 4.69) is 16.4 Å². The van der Waals surface area contributed by atoms with Gasteiger partial charge in [-0.25, -0.2) is 14.8 Å². The molecule has 0 atom stereocenters. The number of rotatable bonds is 5. The van der Waals surface area contributed by atoms with Crippen LogP contribution in [0.15, 0.2) is 46.5 Å². The van der Waals surface area contributed by atoms with Gasteiger partial charge in [0.1, 0.15) is 5.69 Å². The molecule has 0 saturated heterocycles. The Morgan fingerprint density at radius 2 is 2.07 bits per heavy atom. The van der Waals surface area contributed by atoms with Crippen LogP contribution in [-0.4, -0.2) is 26.0 Å². The van der Waals surface area contributed by atoms with Crippen LogP contribution in [0.25, 0.3) is 15.8 Å². The van der Waals surface area contributed by atoms with Gasteiger partial charge in [-0.15, -0.1) is 6.58 Å². The average Bonchev–Trinajstić information content (AvgIpc) is 3.07. The van der Waals surface area contributed by atoms with Crippen LogP contribution in [0.1, 0.15) is 16.2 Å². The fraction of sp³-hybridized carbons (Fsp3) is 0.176. The number of hydrogen-bond donors (Lipinski definition) is 1. The lowest BCUT2D eigenvalue weighted by atomic mass is 10.2. The summed E-state index contributed by atoms with van der Waals surface area (Å²) in [5.41, 5.74) is -1.54. The number of nitrogens with zero attached hydrogens (tertiary/aromatic N) is 3. The van der Waals surface area contributed by atoms with E-state index in [4.69, 9.17) is 4.84 Å². The van der Waals surface area contributed by atoms with E-state index in [1.807, 2.05) is 0 Å². The Morgan fingerprint density at radius 1 is 1.34 bits per heavy atom. The zero-order valence-electron chi connectivity index (χ0n) is 14.8. The minimum Gasteiger partial charge on any atom is -0.292 e. The van der Waals surface area contributed by atoms with Crippen LogP contribution in [-0.2, 0) is 18.1 Å². The lowest BCUT2D eigenvalue weighted by molar-refractivity contribution is -0.144. The standard InChI is InChI=1S/C17H13F3N4O4S/c1-3-6-28-21-15(26)14-10-7-9(4-5-11(10)29-22-14)24-13(25)8-12(17(18,19)20)23(2)16(24)27/h3-5,7-8H,1,6H2,2H3,(H,21,26). The van der Waals surface area contributed by atoms with Crippen LogP contribution in [0.3, 0.4) is 0 Å². The van der Waals surface area contributed by atoms with Gasteiger partial charge in [0.25, 0.3) is 11.5 Å². The molecule has 2 aromatic heterocycles. The van der Waals surface area contributed by atoms with Gasteiger partial charge in [-0.2, -0.15) is 17.5 Å². The third kappa shape index (κ3) is 3.84. The molecule has 3 aromatic rings. The van der Waals surface area contributed by atoms with E-state index in [0.29, 0.717) is 25.3 Å². The molecule has 1 amide bonds. The van der Waals surface area contributed by atoms with Gasteiger partial charge in [-0.1, -0.05) is 6.08 Å². The monoisotopic (exact) mass is 426 g/mol. The highest BCUT2D eigenvalue weighted by molar-refractivity contribution is 7.13. The molecule has 0 aliphatic rings. The summed E-state index contributed by atoms with van der Waals surface area (Å²) in [6, 6.07) is 4.56. The van der Waals surface area contributed by atoms with Crippen LogP contribution in [0.4, 0.5) is 13.2 Å². The van der Waals surface area contributed by atoms with Crippen molar-refractivity contribution in [3.63, 3.8) is 0 Å². The maximum Gasteiger partial charge on any atom is 0.431 e. The summed E-state index contributed by atoms with van der Waals surface area (Å²) >= 11 is 0.997. The molecule has 29 heavy (non-hydrogen) atoms. The van der Waals surface area contributed by atoms with Crippen molar-refractivity contribution in [3.8, 4) is 5.69 Å². The van der Waals surface area contributed by atoms with Crippen molar-refractivity contribution in [1.29, 1.82) is 0 Å². The van der Waals surface area contributed by atoms with Crippen molar-refractivity contribution in [3.05, 3.63) is 69.1 Å². The second kappa shape index (κ2) is 7.64. The molecule has 0 aliphatic carbocycles. The number of halogens is 3. The summed E-state index contributed by atoms with van der Waals surface area (Å²) in [7, 11) is 0.918. The molecule has 0 bridgehead atoms. The molecule has 12 heteroatoms. The fourth-order valence-electron chi connectivity index (χ4n) is 2.58. The van der Waals surface area contributed by atoms with E-state index in [1.54, 1.807) is 0 Å². The SMILES string of the molecule is C=CCONC(=O)c1nsc2ccc(-n3c(=O)cc(C(F)(F)F)n(C)c3=O)cc12. The first-order valence-electron chi connectivity index (χ1n) is 7.98. The number of hydrogen-bond acceptors (Lipinski definition) is 6. The summed E-state index contributed by atoms with van der Waals surface area (Å²) in [6.45, 7) is 3.50. The molecule has 8 nitrogen and oxygen atoms in total. The molecule has 0 unspecified atom stereocenters. The summed E-state index contributed by atoms with van der Waals surface area (Å²) in [5, 5.41) is 0.307. The molecule has 152 valence electrons. The second-order valence-electron chi connectivity index (χ2n) is 5.79. The van der Waals surface area contributed by atoms with Crippen molar-refractivity contribution in [2.24, 2.45) is 7.05 Å². The third-order valence-electron chi connectivity index (χ3n) is 3.90. The predicted octanol–water partition coefficient (Wildman–Crippen LogP) is 2.01. The maximum absolute atomic E-state index is 13.0. The number of fused-ring (bicyclic) bond motifs is 1. The Balaban J connectivity index is 2.12. The van der Waals surface area contributed by atoms with Crippen LogP contribution in [0.2, 0.25) is 0 Å². The average molecular weight is 426 g/mol. The van der Waals surface area contributed by atoms with Crippen LogP contribution < -0.4 is 16.7 Å². The molecule has 0 spiro atoms. The van der Waals surface area contributed by atoms with E-state index in [9.17, 15) is 27.6 Å². The summed E-state index contributed by atoms with van der Waals surface area (Å²) in [5.74, 6) is -0.664. The largest absolute Gasteiger partial charge is 0.431 e. The fourth-order valence-corrected chi connectivity index (χ4v) is 3.33. The Hall–Kier alpha value is -3.25.